The van der Waals surface area contributed by atoms with E-state index in [-0.39, 0.29) is 23.7 Å². The van der Waals surface area contributed by atoms with Crippen molar-refractivity contribution in [2.24, 2.45) is 0 Å². The average molecular weight is 724 g/mol. The first kappa shape index (κ1) is 34.7. The highest BCUT2D eigenvalue weighted by Crippen LogP contribution is 2.42. The van der Waals surface area contributed by atoms with Gasteiger partial charge in [-0.1, -0.05) is 18.5 Å². The molecular formula is C41H44ClF2N7O. The predicted octanol–water partition coefficient (Wildman–Crippen LogP) is 8.33. The second-order valence-corrected chi connectivity index (χ2v) is 14.6. The summed E-state index contributed by atoms with van der Waals surface area (Å²) >= 11 is 6.53. The summed E-state index contributed by atoms with van der Waals surface area (Å²) in [6, 6.07) is 19.5. The fourth-order valence-electron chi connectivity index (χ4n) is 8.10. The molecular weight excluding hydrogens is 680 g/mol. The van der Waals surface area contributed by atoms with Crippen LogP contribution in [-0.4, -0.2) is 97.2 Å². The van der Waals surface area contributed by atoms with Gasteiger partial charge in [-0.05, 0) is 92.7 Å². The molecule has 2 fully saturated rings. The molecule has 6 aromatic rings. The van der Waals surface area contributed by atoms with Crippen LogP contribution in [0.4, 0.5) is 20.2 Å². The molecule has 0 aliphatic carbocycles. The molecule has 11 heteroatoms. The lowest BCUT2D eigenvalue weighted by Crippen LogP contribution is -2.45. The van der Waals surface area contributed by atoms with E-state index in [1.165, 1.54) is 12.1 Å². The Morgan fingerprint density at radius 1 is 0.808 bits per heavy atom. The highest BCUT2D eigenvalue weighted by molar-refractivity contribution is 6.31. The number of likely N-dealkylation sites (tertiary alicyclic amines) is 1. The molecule has 2 saturated heterocycles. The molecule has 2 aliphatic rings. The molecule has 2 atom stereocenters. The van der Waals surface area contributed by atoms with E-state index in [1.54, 1.807) is 25.3 Å². The molecule has 4 heterocycles. The van der Waals surface area contributed by atoms with Crippen molar-refractivity contribution in [3.8, 4) is 5.75 Å². The zero-order chi connectivity index (χ0) is 35.9. The number of piperazine rings is 1. The van der Waals surface area contributed by atoms with E-state index in [4.69, 9.17) is 26.3 Å². The largest absolute Gasteiger partial charge is 0.497 e. The van der Waals surface area contributed by atoms with Gasteiger partial charge in [-0.25, -0.2) is 18.7 Å². The van der Waals surface area contributed by atoms with Crippen molar-refractivity contribution in [2.45, 2.75) is 31.8 Å². The number of piperidine rings is 1. The molecule has 0 amide bonds. The van der Waals surface area contributed by atoms with Crippen molar-refractivity contribution < 1.29 is 13.5 Å². The topological polar surface area (TPSA) is 68.8 Å². The Kier molecular flexibility index (Phi) is 9.74. The van der Waals surface area contributed by atoms with Gasteiger partial charge in [0.05, 0.1) is 40.6 Å². The third-order valence-corrected chi connectivity index (χ3v) is 11.2. The smallest absolute Gasteiger partial charge is 0.125 e. The van der Waals surface area contributed by atoms with Gasteiger partial charge in [0.25, 0.3) is 0 Å². The van der Waals surface area contributed by atoms with Crippen molar-refractivity contribution in [2.75, 3.05) is 77.1 Å². The van der Waals surface area contributed by atoms with Gasteiger partial charge >= 0.3 is 0 Å². The van der Waals surface area contributed by atoms with Crippen molar-refractivity contribution >= 4 is 66.6 Å². The number of ether oxygens (including phenoxy) is 1. The second kappa shape index (κ2) is 14.6. The Labute approximate surface area is 307 Å². The Morgan fingerprint density at radius 2 is 1.60 bits per heavy atom. The van der Waals surface area contributed by atoms with Crippen LogP contribution in [0.15, 0.2) is 66.7 Å². The number of methoxy groups -OCH3 is 1. The predicted molar refractivity (Wildman–Crippen MR) is 209 cm³/mol. The number of hydrogen-bond acceptors (Lipinski definition) is 8. The second-order valence-electron chi connectivity index (χ2n) is 14.2. The Morgan fingerprint density at radius 3 is 2.40 bits per heavy atom. The number of nitrogens with one attached hydrogen (secondary N) is 2. The summed E-state index contributed by atoms with van der Waals surface area (Å²) in [5, 5.41) is 11.6. The number of benzene rings is 4. The molecule has 0 radical (unpaired) electrons. The summed E-state index contributed by atoms with van der Waals surface area (Å²) in [6.07, 6.45) is 1.59. The quantitative estimate of drug-likeness (QED) is 0.145. The normalized spacial score (nSPS) is 19.2. The van der Waals surface area contributed by atoms with Crippen LogP contribution in [0.1, 0.15) is 31.4 Å². The van der Waals surface area contributed by atoms with Gasteiger partial charge in [-0.15, -0.1) is 0 Å². The number of likely N-dealkylation sites (N-methyl/N-ethyl adjacent to an activating group) is 1. The molecule has 0 spiro atoms. The number of rotatable bonds is 9. The first-order chi connectivity index (χ1) is 25.3. The summed E-state index contributed by atoms with van der Waals surface area (Å²) in [4.78, 5) is 17.2. The van der Waals surface area contributed by atoms with E-state index in [0.717, 1.165) is 120 Å². The number of nitrogens with zero attached hydrogens (tertiary/aromatic N) is 5. The Balaban J connectivity index is 1.18. The third kappa shape index (κ3) is 6.80. The maximum atomic E-state index is 15.9. The summed E-state index contributed by atoms with van der Waals surface area (Å²) in [6.45, 7) is 9.57. The lowest BCUT2D eigenvalue weighted by molar-refractivity contribution is 0.149. The Hall–Kier alpha value is -4.35. The van der Waals surface area contributed by atoms with Crippen molar-refractivity contribution in [3.63, 3.8) is 0 Å². The van der Waals surface area contributed by atoms with E-state index in [0.29, 0.717) is 17.0 Å². The zero-order valence-electron chi connectivity index (χ0n) is 29.9. The van der Waals surface area contributed by atoms with Gasteiger partial charge in [0.2, 0.25) is 0 Å². The van der Waals surface area contributed by atoms with E-state index < -0.39 is 0 Å². The van der Waals surface area contributed by atoms with Crippen LogP contribution < -0.4 is 15.4 Å². The standard InChI is InChI=1S/C41H44ClF2N7O/c1-4-51-13-11-28(46-40-31-9-6-26(43)22-37(31)47-35-10-7-29(52-3)24-32(35)40)23-38(51)33-20-27(44)21-34-39(45-12-14-50-17-15-49(2)16-18-50)30-8-5-25(42)19-36(30)48-41(33)34/h5-10,19-22,24,28,38H,4,11-18,23H2,1-3H3,(H,45,48)(H,46,47). The van der Waals surface area contributed by atoms with E-state index in [2.05, 4.69) is 39.3 Å². The maximum absolute atomic E-state index is 15.9. The lowest BCUT2D eigenvalue weighted by Gasteiger charge is -2.40. The highest BCUT2D eigenvalue weighted by atomic mass is 35.5. The number of fused-ring (bicyclic) bond motifs is 4. The van der Waals surface area contributed by atoms with Gasteiger partial charge in [0.15, 0.2) is 0 Å². The van der Waals surface area contributed by atoms with Crippen LogP contribution in [0, 0.1) is 11.6 Å². The number of halogens is 3. The van der Waals surface area contributed by atoms with Crippen LogP contribution >= 0.6 is 11.6 Å². The minimum Gasteiger partial charge on any atom is -0.497 e. The fourth-order valence-corrected chi connectivity index (χ4v) is 8.26. The van der Waals surface area contributed by atoms with Gasteiger partial charge in [-0.3, -0.25) is 9.80 Å². The first-order valence-electron chi connectivity index (χ1n) is 18.2. The van der Waals surface area contributed by atoms with Crippen LogP contribution in [0.5, 0.6) is 5.75 Å². The summed E-state index contributed by atoms with van der Waals surface area (Å²) in [5.74, 6) is 0.101. The zero-order valence-corrected chi connectivity index (χ0v) is 30.6. The van der Waals surface area contributed by atoms with Crippen LogP contribution in [0.25, 0.3) is 43.6 Å². The molecule has 8 nitrogen and oxygen atoms in total. The molecule has 2 aromatic heterocycles. The SMILES string of the molecule is CCN1CCC(Nc2c3ccc(F)cc3nc3ccc(OC)cc23)CC1c1cc(F)cc2c(NCCN3CCN(C)CC3)c3ccc(Cl)cc3nc12. The van der Waals surface area contributed by atoms with Crippen molar-refractivity contribution in [1.29, 1.82) is 0 Å². The van der Waals surface area contributed by atoms with Gasteiger partial charge in [-0.2, -0.15) is 0 Å². The lowest BCUT2D eigenvalue weighted by atomic mass is 9.89. The number of aromatic nitrogens is 2. The van der Waals surface area contributed by atoms with Crippen molar-refractivity contribution in [1.82, 2.24) is 24.7 Å². The van der Waals surface area contributed by atoms with Crippen LogP contribution in [0.3, 0.4) is 0 Å². The number of anilines is 2. The molecule has 8 rings (SSSR count). The van der Waals surface area contributed by atoms with Crippen molar-refractivity contribution in [3.05, 3.63) is 89.0 Å². The number of pyridine rings is 2. The summed E-state index contributed by atoms with van der Waals surface area (Å²) in [7, 11) is 3.81. The fraction of sp³-hybridized carbons (Fsp3) is 0.366. The minimum absolute atomic E-state index is 0.0345. The molecule has 2 aliphatic heterocycles. The van der Waals surface area contributed by atoms with Gasteiger partial charge in [0, 0.05) is 90.5 Å². The van der Waals surface area contributed by atoms with E-state index >= 15 is 4.39 Å². The van der Waals surface area contributed by atoms with Crippen LogP contribution in [0.2, 0.25) is 5.02 Å². The maximum Gasteiger partial charge on any atom is 0.125 e. The molecule has 0 saturated carbocycles. The number of hydrogen-bond donors (Lipinski definition) is 2. The van der Waals surface area contributed by atoms with E-state index in [1.807, 2.05) is 36.4 Å². The van der Waals surface area contributed by atoms with Gasteiger partial charge < -0.3 is 20.3 Å². The van der Waals surface area contributed by atoms with Crippen LogP contribution in [-0.2, 0) is 0 Å². The molecule has 270 valence electrons. The molecule has 2 unspecified atom stereocenters. The van der Waals surface area contributed by atoms with E-state index in [9.17, 15) is 4.39 Å². The third-order valence-electron chi connectivity index (χ3n) is 10.9. The molecule has 4 aromatic carbocycles. The first-order valence-corrected chi connectivity index (χ1v) is 18.6. The molecule has 52 heavy (non-hydrogen) atoms. The summed E-state index contributed by atoms with van der Waals surface area (Å²) in [5.41, 5.74) is 5.53. The summed E-state index contributed by atoms with van der Waals surface area (Å²) < 4.78 is 35.9. The van der Waals surface area contributed by atoms with Gasteiger partial charge in [0.1, 0.15) is 17.4 Å². The molecule has 2 N–H and O–H groups in total. The monoisotopic (exact) mass is 723 g/mol. The highest BCUT2D eigenvalue weighted by Gasteiger charge is 2.32. The minimum atomic E-state index is -0.331. The average Bonchev–Trinajstić information content (AvgIpc) is 3.14. The Bertz CT molecular complexity index is 2280. The molecule has 0 bridgehead atoms.